The Morgan fingerprint density at radius 1 is 0.815 bits per heavy atom. The van der Waals surface area contributed by atoms with Crippen LogP contribution in [0.25, 0.3) is 0 Å². The molecule has 1 aliphatic rings. The maximum Gasteiger partial charge on any atom is 0.261 e. The van der Waals surface area contributed by atoms with E-state index in [0.717, 1.165) is 19.3 Å². The molecule has 1 N–H and O–H groups in total. The van der Waals surface area contributed by atoms with Crippen molar-refractivity contribution in [3.05, 3.63) is 54.1 Å². The third-order valence-electron chi connectivity index (χ3n) is 4.35. The van der Waals surface area contributed by atoms with Crippen LogP contribution in [0.5, 0.6) is 0 Å². The average molecular weight is 406 g/mol. The van der Waals surface area contributed by atoms with Crippen molar-refractivity contribution in [2.75, 3.05) is 17.8 Å². The van der Waals surface area contributed by atoms with Crippen LogP contribution in [0.4, 0.5) is 5.69 Å². The molecule has 2 aromatic rings. The third kappa shape index (κ3) is 4.30. The molecular weight excluding hydrogens is 386 g/mol. The summed E-state index contributed by atoms with van der Waals surface area (Å²) < 4.78 is 54.1. The third-order valence-corrected chi connectivity index (χ3v) is 7.66. The summed E-state index contributed by atoms with van der Waals surface area (Å²) in [5.41, 5.74) is 0.740. The Bertz CT molecular complexity index is 1050. The Morgan fingerprint density at radius 2 is 1.37 bits per heavy atom. The number of sulfonamides is 2. The maximum atomic E-state index is 12.6. The molecule has 0 unspecified atom stereocenters. The summed E-state index contributed by atoms with van der Waals surface area (Å²) in [6.45, 7) is 0.977. The number of piperidine rings is 1. The molecule has 1 aliphatic heterocycles. The number of hydrogen-bond donors (Lipinski definition) is 1. The van der Waals surface area contributed by atoms with Crippen LogP contribution in [0.15, 0.2) is 58.3 Å². The van der Waals surface area contributed by atoms with Gasteiger partial charge in [-0.2, -0.15) is 9.57 Å². The predicted molar refractivity (Wildman–Crippen MR) is 101 cm³/mol. The molecule has 142 valence electrons. The zero-order valence-electron chi connectivity index (χ0n) is 14.5. The maximum absolute atomic E-state index is 12.6. The molecule has 0 aromatic heterocycles. The van der Waals surface area contributed by atoms with Gasteiger partial charge in [0, 0.05) is 18.8 Å². The summed E-state index contributed by atoms with van der Waals surface area (Å²) in [6, 6.07) is 13.1. The van der Waals surface area contributed by atoms with Crippen LogP contribution < -0.4 is 4.72 Å². The predicted octanol–water partition coefficient (Wildman–Crippen LogP) is 2.53. The molecular formula is C18H19N3O4S2. The highest BCUT2D eigenvalue weighted by Crippen LogP contribution is 2.23. The lowest BCUT2D eigenvalue weighted by Gasteiger charge is -2.25. The van der Waals surface area contributed by atoms with E-state index in [0.29, 0.717) is 24.3 Å². The summed E-state index contributed by atoms with van der Waals surface area (Å²) in [6.07, 6.45) is 2.69. The van der Waals surface area contributed by atoms with Gasteiger partial charge in [-0.1, -0.05) is 6.42 Å². The van der Waals surface area contributed by atoms with E-state index in [2.05, 4.69) is 4.72 Å². The smallest absolute Gasteiger partial charge is 0.261 e. The number of hydrogen-bond acceptors (Lipinski definition) is 5. The van der Waals surface area contributed by atoms with Gasteiger partial charge in [-0.05, 0) is 61.4 Å². The monoisotopic (exact) mass is 405 g/mol. The number of nitrogens with one attached hydrogen (secondary N) is 1. The largest absolute Gasteiger partial charge is 0.280 e. The van der Waals surface area contributed by atoms with E-state index in [1.807, 2.05) is 6.07 Å². The lowest BCUT2D eigenvalue weighted by atomic mass is 10.2. The molecule has 1 fully saturated rings. The number of nitriles is 1. The molecule has 27 heavy (non-hydrogen) atoms. The van der Waals surface area contributed by atoms with Crippen molar-refractivity contribution in [1.82, 2.24) is 4.31 Å². The first-order valence-electron chi connectivity index (χ1n) is 8.46. The van der Waals surface area contributed by atoms with Crippen LogP contribution in [0.1, 0.15) is 24.8 Å². The van der Waals surface area contributed by atoms with Crippen molar-refractivity contribution < 1.29 is 16.8 Å². The van der Waals surface area contributed by atoms with Crippen LogP contribution in [0.3, 0.4) is 0 Å². The van der Waals surface area contributed by atoms with E-state index in [4.69, 9.17) is 5.26 Å². The quantitative estimate of drug-likeness (QED) is 0.822. The van der Waals surface area contributed by atoms with E-state index >= 15 is 0 Å². The molecule has 0 saturated carbocycles. The molecule has 7 nitrogen and oxygen atoms in total. The van der Waals surface area contributed by atoms with Crippen molar-refractivity contribution >= 4 is 25.7 Å². The first kappa shape index (κ1) is 19.4. The second-order valence-electron chi connectivity index (χ2n) is 6.23. The van der Waals surface area contributed by atoms with Gasteiger partial charge in [0.25, 0.3) is 10.0 Å². The Kier molecular flexibility index (Phi) is 5.51. The Morgan fingerprint density at radius 3 is 1.93 bits per heavy atom. The molecule has 0 spiro atoms. The van der Waals surface area contributed by atoms with Crippen molar-refractivity contribution in [3.8, 4) is 6.07 Å². The first-order valence-corrected chi connectivity index (χ1v) is 11.4. The lowest BCUT2D eigenvalue weighted by Crippen LogP contribution is -2.35. The highest BCUT2D eigenvalue weighted by atomic mass is 32.2. The van der Waals surface area contributed by atoms with Gasteiger partial charge in [0.2, 0.25) is 10.0 Å². The van der Waals surface area contributed by atoms with Gasteiger partial charge in [-0.3, -0.25) is 4.72 Å². The minimum atomic E-state index is -3.86. The molecule has 3 rings (SSSR count). The number of rotatable bonds is 5. The van der Waals surface area contributed by atoms with Gasteiger partial charge in [0.15, 0.2) is 0 Å². The normalized spacial score (nSPS) is 15.8. The lowest BCUT2D eigenvalue weighted by molar-refractivity contribution is 0.346. The Balaban J connectivity index is 1.80. The van der Waals surface area contributed by atoms with Crippen LogP contribution in [0.2, 0.25) is 0 Å². The summed E-state index contributed by atoms with van der Waals surface area (Å²) in [5, 5.41) is 8.78. The van der Waals surface area contributed by atoms with Crippen LogP contribution in [0, 0.1) is 11.3 Å². The SMILES string of the molecule is N#Cc1ccc(NS(=O)(=O)c2ccc(S(=O)(=O)N3CCCCC3)cc2)cc1. The van der Waals surface area contributed by atoms with Crippen molar-refractivity contribution in [3.63, 3.8) is 0 Å². The van der Waals surface area contributed by atoms with Crippen molar-refractivity contribution in [2.24, 2.45) is 0 Å². The molecule has 2 aromatic carbocycles. The van der Waals surface area contributed by atoms with Crippen LogP contribution >= 0.6 is 0 Å². The highest BCUT2D eigenvalue weighted by molar-refractivity contribution is 7.92. The van der Waals surface area contributed by atoms with Crippen molar-refractivity contribution in [1.29, 1.82) is 5.26 Å². The summed E-state index contributed by atoms with van der Waals surface area (Å²) in [5.74, 6) is 0. The second kappa shape index (κ2) is 7.68. The van der Waals surface area contributed by atoms with Crippen LogP contribution in [-0.4, -0.2) is 34.2 Å². The molecule has 9 heteroatoms. The number of benzene rings is 2. The van der Waals surface area contributed by atoms with E-state index in [-0.39, 0.29) is 9.79 Å². The van der Waals surface area contributed by atoms with E-state index in [1.165, 1.54) is 52.8 Å². The molecule has 0 radical (unpaired) electrons. The van der Waals surface area contributed by atoms with Gasteiger partial charge in [0.05, 0.1) is 21.4 Å². The summed E-state index contributed by atoms with van der Waals surface area (Å²) >= 11 is 0. The summed E-state index contributed by atoms with van der Waals surface area (Å²) in [4.78, 5) is 0.0474. The summed E-state index contributed by atoms with van der Waals surface area (Å²) in [7, 11) is -7.46. The minimum absolute atomic E-state index is 0.0375. The van der Waals surface area contributed by atoms with Gasteiger partial charge < -0.3 is 0 Å². The average Bonchev–Trinajstić information content (AvgIpc) is 2.69. The highest BCUT2D eigenvalue weighted by Gasteiger charge is 2.26. The van der Waals surface area contributed by atoms with Gasteiger partial charge in [-0.25, -0.2) is 16.8 Å². The Hall–Kier alpha value is -2.41. The molecule has 0 atom stereocenters. The first-order chi connectivity index (χ1) is 12.8. The van der Waals surface area contributed by atoms with Crippen LogP contribution in [-0.2, 0) is 20.0 Å². The number of anilines is 1. The second-order valence-corrected chi connectivity index (χ2v) is 9.85. The van der Waals surface area contributed by atoms with E-state index in [9.17, 15) is 16.8 Å². The molecule has 0 aliphatic carbocycles. The zero-order chi connectivity index (χ0) is 19.5. The fourth-order valence-corrected chi connectivity index (χ4v) is 5.45. The van der Waals surface area contributed by atoms with Gasteiger partial charge in [-0.15, -0.1) is 0 Å². The zero-order valence-corrected chi connectivity index (χ0v) is 16.1. The minimum Gasteiger partial charge on any atom is -0.280 e. The van der Waals surface area contributed by atoms with E-state index < -0.39 is 20.0 Å². The fourth-order valence-electron chi connectivity index (χ4n) is 2.87. The molecule has 0 amide bonds. The fraction of sp³-hybridized carbons (Fsp3) is 0.278. The Labute approximate surface area is 159 Å². The molecule has 1 saturated heterocycles. The standard InChI is InChI=1S/C18H19N3O4S2/c19-14-15-4-6-16(7-5-15)20-26(22,23)17-8-10-18(11-9-17)27(24,25)21-12-2-1-3-13-21/h4-11,20H,1-3,12-13H2. The van der Waals surface area contributed by atoms with Gasteiger partial charge in [0.1, 0.15) is 0 Å². The molecule has 0 bridgehead atoms. The van der Waals surface area contributed by atoms with Gasteiger partial charge >= 0.3 is 0 Å². The number of nitrogens with zero attached hydrogens (tertiary/aromatic N) is 2. The molecule has 1 heterocycles. The topological polar surface area (TPSA) is 107 Å². The van der Waals surface area contributed by atoms with E-state index in [1.54, 1.807) is 0 Å². The van der Waals surface area contributed by atoms with Crippen molar-refractivity contribution in [2.45, 2.75) is 29.1 Å².